The van der Waals surface area contributed by atoms with Crippen LogP contribution in [0.25, 0.3) is 10.9 Å². The number of H-pyrrole nitrogens is 1. The predicted octanol–water partition coefficient (Wildman–Crippen LogP) is 0.937. The van der Waals surface area contributed by atoms with Crippen LogP contribution in [0.3, 0.4) is 0 Å². The smallest absolute Gasteiger partial charge is 0.258 e. The summed E-state index contributed by atoms with van der Waals surface area (Å²) < 4.78 is 0. The molecule has 0 bridgehead atoms. The van der Waals surface area contributed by atoms with Gasteiger partial charge in [0, 0.05) is 0 Å². The van der Waals surface area contributed by atoms with E-state index in [9.17, 15) is 9.90 Å². The highest BCUT2D eigenvalue weighted by Gasteiger charge is 2.02. The molecule has 4 nitrogen and oxygen atoms in total. The number of aromatic nitrogens is 2. The number of rotatable bonds is 0. The average Bonchev–Trinajstić information content (AvgIpc) is 2.09. The van der Waals surface area contributed by atoms with Gasteiger partial charge in [-0.3, -0.25) is 4.79 Å². The van der Waals surface area contributed by atoms with Crippen molar-refractivity contribution in [2.45, 2.75) is 6.92 Å². The zero-order valence-corrected chi connectivity index (χ0v) is 7.03. The number of nitrogens with one attached hydrogen (secondary N) is 1. The summed E-state index contributed by atoms with van der Waals surface area (Å²) >= 11 is 0. The fourth-order valence-electron chi connectivity index (χ4n) is 1.21. The lowest BCUT2D eigenvalue weighted by Gasteiger charge is -1.99. The van der Waals surface area contributed by atoms with Crippen molar-refractivity contribution in [3.8, 4) is 5.75 Å². The molecule has 0 spiro atoms. The molecular formula is C9H8N2O2. The van der Waals surface area contributed by atoms with Crippen LogP contribution in [0.1, 0.15) is 5.56 Å². The van der Waals surface area contributed by atoms with Crippen LogP contribution in [0.15, 0.2) is 23.3 Å². The first-order valence-corrected chi connectivity index (χ1v) is 3.85. The summed E-state index contributed by atoms with van der Waals surface area (Å²) in [6.07, 6.45) is 1.35. The van der Waals surface area contributed by atoms with Gasteiger partial charge in [-0.2, -0.15) is 0 Å². The Labute approximate surface area is 73.9 Å². The molecule has 2 rings (SSSR count). The van der Waals surface area contributed by atoms with E-state index in [4.69, 9.17) is 0 Å². The van der Waals surface area contributed by atoms with Crippen molar-refractivity contribution < 1.29 is 5.11 Å². The lowest BCUT2D eigenvalue weighted by molar-refractivity contribution is 0.472. The summed E-state index contributed by atoms with van der Waals surface area (Å²) in [5.74, 6) is 0.117. The Hall–Kier alpha value is -1.84. The highest BCUT2D eigenvalue weighted by Crippen LogP contribution is 2.19. The summed E-state index contributed by atoms with van der Waals surface area (Å²) in [4.78, 5) is 17.7. The molecule has 4 heteroatoms. The first-order valence-electron chi connectivity index (χ1n) is 3.85. The summed E-state index contributed by atoms with van der Waals surface area (Å²) in [5, 5.41) is 9.77. The zero-order chi connectivity index (χ0) is 9.42. The van der Waals surface area contributed by atoms with Crippen molar-refractivity contribution in [2.24, 2.45) is 0 Å². The van der Waals surface area contributed by atoms with Gasteiger partial charge in [0.05, 0.1) is 17.2 Å². The van der Waals surface area contributed by atoms with E-state index >= 15 is 0 Å². The van der Waals surface area contributed by atoms with E-state index in [0.717, 1.165) is 0 Å². The number of hydrogen-bond acceptors (Lipinski definition) is 3. The van der Waals surface area contributed by atoms with Gasteiger partial charge in [-0.15, -0.1) is 0 Å². The molecule has 0 aliphatic carbocycles. The van der Waals surface area contributed by atoms with E-state index < -0.39 is 0 Å². The van der Waals surface area contributed by atoms with Crippen molar-refractivity contribution in [1.82, 2.24) is 9.97 Å². The zero-order valence-electron chi connectivity index (χ0n) is 7.03. The fraction of sp³-hybridized carbons (Fsp3) is 0.111. The standard InChI is InChI=1S/C9H8N2O2/c1-5-2-7-6(3-8(5)12)9(13)11-4-10-7/h2-4,12H,1H3,(H,10,11,13). The lowest BCUT2D eigenvalue weighted by Crippen LogP contribution is -2.05. The van der Waals surface area contributed by atoms with Crippen LogP contribution in [0, 0.1) is 6.92 Å². The van der Waals surface area contributed by atoms with Crippen LogP contribution in [0.4, 0.5) is 0 Å². The van der Waals surface area contributed by atoms with Gasteiger partial charge in [0.1, 0.15) is 5.75 Å². The Kier molecular flexibility index (Phi) is 1.55. The molecule has 66 valence electrons. The van der Waals surface area contributed by atoms with Crippen molar-refractivity contribution in [3.05, 3.63) is 34.4 Å². The van der Waals surface area contributed by atoms with Gasteiger partial charge in [0.25, 0.3) is 5.56 Å². The van der Waals surface area contributed by atoms with Crippen molar-refractivity contribution in [3.63, 3.8) is 0 Å². The number of aromatic amines is 1. The van der Waals surface area contributed by atoms with Crippen molar-refractivity contribution in [2.75, 3.05) is 0 Å². The average molecular weight is 176 g/mol. The minimum atomic E-state index is -0.236. The number of aryl methyl sites for hydroxylation is 1. The van der Waals surface area contributed by atoms with Gasteiger partial charge in [0.2, 0.25) is 0 Å². The molecule has 0 atom stereocenters. The van der Waals surface area contributed by atoms with Crippen molar-refractivity contribution in [1.29, 1.82) is 0 Å². The van der Waals surface area contributed by atoms with E-state index in [0.29, 0.717) is 16.5 Å². The normalized spacial score (nSPS) is 10.5. The van der Waals surface area contributed by atoms with Gasteiger partial charge in [-0.25, -0.2) is 4.98 Å². The number of benzene rings is 1. The van der Waals surface area contributed by atoms with Crippen LogP contribution < -0.4 is 5.56 Å². The van der Waals surface area contributed by atoms with Crippen LogP contribution >= 0.6 is 0 Å². The number of fused-ring (bicyclic) bond motifs is 1. The third-order valence-corrected chi connectivity index (χ3v) is 1.96. The number of phenols is 1. The molecule has 0 unspecified atom stereocenters. The van der Waals surface area contributed by atoms with Crippen molar-refractivity contribution >= 4 is 10.9 Å². The Balaban J connectivity index is 2.97. The first-order chi connectivity index (χ1) is 6.18. The maximum atomic E-state index is 11.2. The second-order valence-electron chi connectivity index (χ2n) is 2.89. The van der Waals surface area contributed by atoms with Crippen LogP contribution in [0.5, 0.6) is 5.75 Å². The van der Waals surface area contributed by atoms with Gasteiger partial charge in [-0.1, -0.05) is 0 Å². The maximum Gasteiger partial charge on any atom is 0.258 e. The molecule has 0 aliphatic heterocycles. The summed E-state index contributed by atoms with van der Waals surface area (Å²) in [6, 6.07) is 3.11. The quantitative estimate of drug-likeness (QED) is 0.627. The number of aromatic hydroxyl groups is 1. The molecular weight excluding hydrogens is 168 g/mol. The lowest BCUT2D eigenvalue weighted by atomic mass is 10.1. The molecule has 2 N–H and O–H groups in total. The Morgan fingerprint density at radius 2 is 2.23 bits per heavy atom. The van der Waals surface area contributed by atoms with E-state index in [1.165, 1.54) is 12.4 Å². The van der Waals surface area contributed by atoms with Crippen LogP contribution in [-0.2, 0) is 0 Å². The molecule has 1 heterocycles. The number of nitrogens with zero attached hydrogens (tertiary/aromatic N) is 1. The SMILES string of the molecule is Cc1cc2nc[nH]c(=O)c2cc1O. The molecule has 1 aromatic carbocycles. The van der Waals surface area contributed by atoms with Gasteiger partial charge in [-0.05, 0) is 24.6 Å². The third kappa shape index (κ3) is 1.16. The number of phenolic OH excluding ortho intramolecular Hbond substituents is 1. The maximum absolute atomic E-state index is 11.2. The second kappa shape index (κ2) is 2.58. The van der Waals surface area contributed by atoms with E-state index in [1.54, 1.807) is 13.0 Å². The summed E-state index contributed by atoms with van der Waals surface area (Å²) in [6.45, 7) is 1.76. The molecule has 1 aromatic heterocycles. The molecule has 0 aliphatic rings. The minimum Gasteiger partial charge on any atom is -0.508 e. The summed E-state index contributed by atoms with van der Waals surface area (Å²) in [5.41, 5.74) is 1.07. The molecule has 13 heavy (non-hydrogen) atoms. The van der Waals surface area contributed by atoms with Crippen LogP contribution in [-0.4, -0.2) is 15.1 Å². The second-order valence-corrected chi connectivity index (χ2v) is 2.89. The van der Waals surface area contributed by atoms with E-state index in [2.05, 4.69) is 9.97 Å². The molecule has 0 amide bonds. The molecule has 2 aromatic rings. The van der Waals surface area contributed by atoms with E-state index in [-0.39, 0.29) is 11.3 Å². The third-order valence-electron chi connectivity index (χ3n) is 1.96. The largest absolute Gasteiger partial charge is 0.508 e. The minimum absolute atomic E-state index is 0.117. The molecule has 0 radical (unpaired) electrons. The van der Waals surface area contributed by atoms with E-state index in [1.807, 2.05) is 0 Å². The highest BCUT2D eigenvalue weighted by atomic mass is 16.3. The van der Waals surface area contributed by atoms with Gasteiger partial charge >= 0.3 is 0 Å². The summed E-state index contributed by atoms with van der Waals surface area (Å²) in [7, 11) is 0. The Morgan fingerprint density at radius 1 is 1.46 bits per heavy atom. The Bertz CT molecular complexity index is 516. The monoisotopic (exact) mass is 176 g/mol. The molecule has 0 saturated heterocycles. The highest BCUT2D eigenvalue weighted by molar-refractivity contribution is 5.79. The molecule has 0 fully saturated rings. The van der Waals surface area contributed by atoms with Gasteiger partial charge in [0.15, 0.2) is 0 Å². The predicted molar refractivity (Wildman–Crippen MR) is 48.8 cm³/mol. The fourth-order valence-corrected chi connectivity index (χ4v) is 1.21. The Morgan fingerprint density at radius 3 is 3.00 bits per heavy atom. The first kappa shape index (κ1) is 7.79. The number of hydrogen-bond donors (Lipinski definition) is 2. The molecule has 0 saturated carbocycles. The topological polar surface area (TPSA) is 66.0 Å². The van der Waals surface area contributed by atoms with Crippen LogP contribution in [0.2, 0.25) is 0 Å². The van der Waals surface area contributed by atoms with Gasteiger partial charge < -0.3 is 10.1 Å².